The number of aliphatic hydroxyl groups excluding tert-OH is 1. The van der Waals surface area contributed by atoms with Gasteiger partial charge in [0.1, 0.15) is 17.7 Å². The average molecular weight is 640 g/mol. The van der Waals surface area contributed by atoms with Crippen LogP contribution in [0.1, 0.15) is 39.2 Å². The molecule has 1 aliphatic heterocycles. The number of fused-ring (bicyclic) bond motifs is 1. The van der Waals surface area contributed by atoms with Gasteiger partial charge in [0.25, 0.3) is 0 Å². The summed E-state index contributed by atoms with van der Waals surface area (Å²) in [6.45, 7) is 5.86. The number of benzene rings is 2. The number of hydrogen-bond donors (Lipinski definition) is 3. The number of aliphatic hydroxyl groups is 1. The lowest BCUT2D eigenvalue weighted by Gasteiger charge is -2.36. The number of nitrogens with zero attached hydrogens (tertiary/aromatic N) is 1. The Balaban J connectivity index is 1.55. The van der Waals surface area contributed by atoms with Gasteiger partial charge in [-0.15, -0.1) is 0 Å². The van der Waals surface area contributed by atoms with E-state index in [4.69, 9.17) is 19.9 Å². The van der Waals surface area contributed by atoms with E-state index in [0.717, 1.165) is 22.5 Å². The quantitative estimate of drug-likeness (QED) is 0.297. The van der Waals surface area contributed by atoms with E-state index < -0.39 is 58.8 Å². The summed E-state index contributed by atoms with van der Waals surface area (Å²) in [6.07, 6.45) is -2.01. The maximum Gasteiger partial charge on any atom is 0.407 e. The molecule has 2 aliphatic rings. The summed E-state index contributed by atoms with van der Waals surface area (Å²) in [7, 11) is -2.49. The first kappa shape index (κ1) is 34.0. The topological polar surface area (TPSA) is 140 Å². The number of rotatable bonds is 12. The van der Waals surface area contributed by atoms with E-state index in [9.17, 15) is 27.1 Å². The van der Waals surface area contributed by atoms with Gasteiger partial charge in [-0.3, -0.25) is 0 Å². The van der Waals surface area contributed by atoms with E-state index in [1.54, 1.807) is 7.11 Å². The van der Waals surface area contributed by atoms with Gasteiger partial charge >= 0.3 is 6.09 Å². The van der Waals surface area contributed by atoms with Gasteiger partial charge in [-0.1, -0.05) is 20.8 Å². The lowest BCUT2D eigenvalue weighted by atomic mass is 9.85. The van der Waals surface area contributed by atoms with Gasteiger partial charge in [0.2, 0.25) is 10.0 Å². The summed E-state index contributed by atoms with van der Waals surface area (Å²) >= 11 is 0. The second kappa shape index (κ2) is 14.5. The van der Waals surface area contributed by atoms with Crippen LogP contribution in [0.25, 0.3) is 0 Å². The minimum absolute atomic E-state index is 0.00796. The summed E-state index contributed by atoms with van der Waals surface area (Å²) in [5.41, 5.74) is 6.30. The SMILES string of the molecule is CO[C@H]1OCCC2[C@H]1C(C)C[C@@H]2OC(=O)N[C@@H](Cc1cc(F)cc(F)c1)[C@H](O)CN(CC(C)C)S(=O)(=O)c1ccc(N)cc1. The Morgan fingerprint density at radius 3 is 2.43 bits per heavy atom. The lowest BCUT2D eigenvalue weighted by Crippen LogP contribution is -2.51. The molecule has 44 heavy (non-hydrogen) atoms. The van der Waals surface area contributed by atoms with Crippen LogP contribution in [0.3, 0.4) is 0 Å². The Hall–Kier alpha value is -2.84. The Bertz CT molecular complexity index is 1360. The highest BCUT2D eigenvalue weighted by Crippen LogP contribution is 2.46. The van der Waals surface area contributed by atoms with Gasteiger partial charge in [0.05, 0.1) is 23.6 Å². The van der Waals surface area contributed by atoms with Gasteiger partial charge < -0.3 is 30.4 Å². The van der Waals surface area contributed by atoms with Crippen molar-refractivity contribution in [2.45, 2.75) is 69.5 Å². The number of carbonyl (C=O) groups is 1. The predicted molar refractivity (Wildman–Crippen MR) is 160 cm³/mol. The van der Waals surface area contributed by atoms with Crippen LogP contribution < -0.4 is 11.1 Å². The number of alkyl carbamates (subject to hydrolysis) is 1. The van der Waals surface area contributed by atoms with Gasteiger partial charge in [0, 0.05) is 43.8 Å². The molecule has 0 radical (unpaired) electrons. The van der Waals surface area contributed by atoms with Crippen molar-refractivity contribution in [3.63, 3.8) is 0 Å². The molecule has 2 aromatic carbocycles. The summed E-state index contributed by atoms with van der Waals surface area (Å²) in [6, 6.07) is 7.48. The number of carbonyl (C=O) groups excluding carboxylic acids is 1. The van der Waals surface area contributed by atoms with Crippen LogP contribution >= 0.6 is 0 Å². The molecular weight excluding hydrogens is 596 g/mol. The molecule has 7 atom stereocenters. The summed E-state index contributed by atoms with van der Waals surface area (Å²) in [5.74, 6) is -1.51. The minimum atomic E-state index is -4.07. The second-order valence-electron chi connectivity index (χ2n) is 12.2. The standard InChI is InChI=1S/C31H43F2N3O7S/c1-18(2)16-36(44(39,40)24-7-5-23(34)6-8-24)17-27(37)26(14-20-12-21(32)15-22(33)13-20)35-31(38)43-28-11-19(3)29-25(28)9-10-42-30(29)41-4/h5-8,12-13,15,18-19,25-30,37H,9-11,14,16-17,34H2,1-4H3,(H,35,38)/t19?,25?,26-,27+,28-,29+,30-/m0/s1. The number of sulfonamides is 1. The number of halogens is 2. The molecule has 10 nitrogen and oxygen atoms in total. The predicted octanol–water partition coefficient (Wildman–Crippen LogP) is 3.93. The van der Waals surface area contributed by atoms with Crippen LogP contribution in [0, 0.1) is 35.3 Å². The van der Waals surface area contributed by atoms with E-state index in [1.165, 1.54) is 24.3 Å². The van der Waals surface area contributed by atoms with Gasteiger partial charge in [-0.2, -0.15) is 4.31 Å². The number of ether oxygens (including phenoxy) is 3. The van der Waals surface area contributed by atoms with Crippen LogP contribution in [0.5, 0.6) is 0 Å². The van der Waals surface area contributed by atoms with Crippen LogP contribution in [-0.2, 0) is 30.7 Å². The molecule has 2 fully saturated rings. The normalized spacial score (nSPS) is 25.1. The molecule has 1 aliphatic carbocycles. The minimum Gasteiger partial charge on any atom is -0.446 e. The molecule has 1 heterocycles. The molecule has 1 saturated heterocycles. The molecule has 1 amide bonds. The van der Waals surface area contributed by atoms with E-state index in [-0.39, 0.29) is 47.1 Å². The highest BCUT2D eigenvalue weighted by molar-refractivity contribution is 7.89. The fourth-order valence-corrected chi connectivity index (χ4v) is 8.02. The van der Waals surface area contributed by atoms with Crippen LogP contribution in [0.15, 0.2) is 47.4 Å². The second-order valence-corrected chi connectivity index (χ2v) is 14.2. The van der Waals surface area contributed by atoms with Crippen LogP contribution in [-0.4, -0.2) is 75.3 Å². The number of nitrogens with one attached hydrogen (secondary N) is 1. The van der Waals surface area contributed by atoms with Crippen molar-refractivity contribution in [2.75, 3.05) is 32.5 Å². The van der Waals surface area contributed by atoms with Crippen molar-refractivity contribution < 1.29 is 41.3 Å². The molecular formula is C31H43F2N3O7S. The van der Waals surface area contributed by atoms with E-state index >= 15 is 0 Å². The van der Waals surface area contributed by atoms with Crippen molar-refractivity contribution in [1.82, 2.24) is 9.62 Å². The van der Waals surface area contributed by atoms with Gasteiger partial charge in [0.15, 0.2) is 6.29 Å². The van der Waals surface area contributed by atoms with Crippen molar-refractivity contribution in [1.29, 1.82) is 0 Å². The third-order valence-corrected chi connectivity index (χ3v) is 10.2. The molecule has 4 rings (SSSR count). The van der Waals surface area contributed by atoms with Crippen molar-refractivity contribution in [3.8, 4) is 0 Å². The number of nitrogens with two attached hydrogens (primary N) is 1. The zero-order chi connectivity index (χ0) is 32.2. The molecule has 13 heteroatoms. The molecule has 0 spiro atoms. The Labute approximate surface area is 257 Å². The molecule has 244 valence electrons. The molecule has 1 saturated carbocycles. The van der Waals surface area contributed by atoms with Crippen LogP contribution in [0.2, 0.25) is 0 Å². The first-order valence-electron chi connectivity index (χ1n) is 14.9. The van der Waals surface area contributed by atoms with Gasteiger partial charge in [-0.05, 0) is 73.1 Å². The summed E-state index contributed by atoms with van der Waals surface area (Å²) < 4.78 is 73.6. The molecule has 2 aromatic rings. The van der Waals surface area contributed by atoms with E-state index in [0.29, 0.717) is 25.1 Å². The maximum absolute atomic E-state index is 14.1. The Morgan fingerprint density at radius 1 is 1.16 bits per heavy atom. The Morgan fingerprint density at radius 2 is 1.82 bits per heavy atom. The number of anilines is 1. The largest absolute Gasteiger partial charge is 0.446 e. The molecule has 4 N–H and O–H groups in total. The van der Waals surface area contributed by atoms with E-state index in [2.05, 4.69) is 12.2 Å². The number of methoxy groups -OCH3 is 1. The summed E-state index contributed by atoms with van der Waals surface area (Å²) in [4.78, 5) is 13.3. The van der Waals surface area contributed by atoms with E-state index in [1.807, 2.05) is 13.8 Å². The average Bonchev–Trinajstić information content (AvgIpc) is 3.26. The van der Waals surface area contributed by atoms with Crippen molar-refractivity contribution >= 4 is 21.8 Å². The van der Waals surface area contributed by atoms with Crippen LogP contribution in [0.4, 0.5) is 19.3 Å². The number of amides is 1. The first-order valence-corrected chi connectivity index (χ1v) is 16.3. The molecule has 0 bridgehead atoms. The lowest BCUT2D eigenvalue weighted by molar-refractivity contribution is -0.201. The first-order chi connectivity index (χ1) is 20.8. The highest BCUT2D eigenvalue weighted by Gasteiger charge is 2.49. The fourth-order valence-electron chi connectivity index (χ4n) is 6.40. The maximum atomic E-state index is 14.1. The third-order valence-electron chi connectivity index (χ3n) is 8.39. The Kier molecular flexibility index (Phi) is 11.2. The molecule has 2 unspecified atom stereocenters. The number of nitrogen functional groups attached to an aromatic ring is 1. The molecule has 0 aromatic heterocycles. The van der Waals surface area contributed by atoms with Gasteiger partial charge in [-0.25, -0.2) is 22.0 Å². The zero-order valence-corrected chi connectivity index (χ0v) is 26.3. The third kappa shape index (κ3) is 8.25. The van der Waals surface area contributed by atoms with Crippen molar-refractivity contribution in [2.24, 2.45) is 23.7 Å². The monoisotopic (exact) mass is 639 g/mol. The fraction of sp³-hybridized carbons (Fsp3) is 0.581. The zero-order valence-electron chi connectivity index (χ0n) is 25.5. The van der Waals surface area contributed by atoms with Crippen molar-refractivity contribution in [3.05, 3.63) is 59.7 Å². The highest BCUT2D eigenvalue weighted by atomic mass is 32.2. The smallest absolute Gasteiger partial charge is 0.407 e. The number of hydrogen-bond acceptors (Lipinski definition) is 8. The summed E-state index contributed by atoms with van der Waals surface area (Å²) in [5, 5.41) is 14.1.